The summed E-state index contributed by atoms with van der Waals surface area (Å²) >= 11 is 0. The van der Waals surface area contributed by atoms with E-state index in [1.165, 1.54) is 0 Å². The average molecular weight is 535 g/mol. The van der Waals surface area contributed by atoms with Gasteiger partial charge in [-0.1, -0.05) is 29.8 Å². The van der Waals surface area contributed by atoms with Crippen molar-refractivity contribution in [2.45, 2.75) is 71.9 Å². The Labute approximate surface area is 232 Å². The van der Waals surface area contributed by atoms with Gasteiger partial charge in [0.25, 0.3) is 0 Å². The molecule has 0 spiro atoms. The number of nitrogens with zero attached hydrogens (tertiary/aromatic N) is 3. The second kappa shape index (κ2) is 12.7. The van der Waals surface area contributed by atoms with Crippen molar-refractivity contribution in [1.29, 1.82) is 0 Å². The first-order chi connectivity index (χ1) is 18.6. The molecule has 0 aliphatic carbocycles. The standard InChI is InChI=1S/C31H42N4O4/c1-22-5-7-25(8-6-22)27(36)19-23-10-17-35(18-11-23)29(37)26-12-15-34(16-13-26)21-24-9-14-32-28(20-24)33-30(38)39-31(2,3)4/h5-9,14,20,23,26H,10-13,15-19,21H2,1-4H3,(H,32,33,38). The number of hydrogen-bond donors (Lipinski definition) is 1. The van der Waals surface area contributed by atoms with E-state index >= 15 is 0 Å². The highest BCUT2D eigenvalue weighted by Gasteiger charge is 2.31. The van der Waals surface area contributed by atoms with Crippen molar-refractivity contribution in [3.05, 3.63) is 59.3 Å². The normalized spacial score (nSPS) is 17.6. The van der Waals surface area contributed by atoms with E-state index in [4.69, 9.17) is 4.74 Å². The van der Waals surface area contributed by atoms with Crippen molar-refractivity contribution in [2.75, 3.05) is 31.5 Å². The van der Waals surface area contributed by atoms with Crippen LogP contribution in [0, 0.1) is 18.8 Å². The van der Waals surface area contributed by atoms with Crippen LogP contribution in [0.3, 0.4) is 0 Å². The third-order valence-corrected chi connectivity index (χ3v) is 7.57. The van der Waals surface area contributed by atoms with Crippen LogP contribution in [0.5, 0.6) is 0 Å². The van der Waals surface area contributed by atoms with Gasteiger partial charge in [-0.05, 0) is 90.1 Å². The summed E-state index contributed by atoms with van der Waals surface area (Å²) in [5.41, 5.74) is 2.43. The minimum absolute atomic E-state index is 0.0637. The van der Waals surface area contributed by atoms with Crippen LogP contribution < -0.4 is 5.32 Å². The minimum atomic E-state index is -0.569. The second-order valence-electron chi connectivity index (χ2n) is 12.0. The molecule has 0 atom stereocenters. The summed E-state index contributed by atoms with van der Waals surface area (Å²) in [6.45, 7) is 11.4. The molecule has 0 unspecified atom stereocenters. The SMILES string of the molecule is Cc1ccc(C(=O)CC2CCN(C(=O)C3CCN(Cc4ccnc(NC(=O)OC(C)(C)C)c4)CC3)CC2)cc1. The van der Waals surface area contributed by atoms with Crippen molar-refractivity contribution in [1.82, 2.24) is 14.8 Å². The Bertz CT molecular complexity index is 1140. The molecule has 2 aliphatic rings. The fourth-order valence-electron chi connectivity index (χ4n) is 5.38. The van der Waals surface area contributed by atoms with E-state index in [0.717, 1.165) is 75.1 Å². The van der Waals surface area contributed by atoms with Crippen molar-refractivity contribution in [3.8, 4) is 0 Å². The van der Waals surface area contributed by atoms with E-state index < -0.39 is 11.7 Å². The number of nitrogens with one attached hydrogen (secondary N) is 1. The first kappa shape index (κ1) is 28.7. The minimum Gasteiger partial charge on any atom is -0.444 e. The van der Waals surface area contributed by atoms with E-state index in [2.05, 4.69) is 15.2 Å². The van der Waals surface area contributed by atoms with Gasteiger partial charge in [-0.3, -0.25) is 19.8 Å². The van der Waals surface area contributed by atoms with E-state index in [1.807, 2.05) is 69.0 Å². The van der Waals surface area contributed by atoms with Crippen LogP contribution in [0.25, 0.3) is 0 Å². The number of hydrogen-bond acceptors (Lipinski definition) is 6. The van der Waals surface area contributed by atoms with Gasteiger partial charge in [-0.2, -0.15) is 0 Å². The highest BCUT2D eigenvalue weighted by Crippen LogP contribution is 2.27. The quantitative estimate of drug-likeness (QED) is 0.474. The molecule has 8 nitrogen and oxygen atoms in total. The molecule has 0 bridgehead atoms. The molecule has 4 rings (SSSR count). The Morgan fingerprint density at radius 3 is 2.28 bits per heavy atom. The lowest BCUT2D eigenvalue weighted by Gasteiger charge is -2.37. The van der Waals surface area contributed by atoms with E-state index in [-0.39, 0.29) is 17.6 Å². The zero-order valence-corrected chi connectivity index (χ0v) is 23.7. The topological polar surface area (TPSA) is 91.8 Å². The van der Waals surface area contributed by atoms with Crippen LogP contribution in [0.2, 0.25) is 0 Å². The lowest BCUT2D eigenvalue weighted by atomic mass is 9.88. The maximum absolute atomic E-state index is 13.2. The number of pyridine rings is 1. The predicted molar refractivity (Wildman–Crippen MR) is 152 cm³/mol. The van der Waals surface area contributed by atoms with Gasteiger partial charge in [0.15, 0.2) is 5.78 Å². The van der Waals surface area contributed by atoms with E-state index in [1.54, 1.807) is 6.20 Å². The Morgan fingerprint density at radius 2 is 1.64 bits per heavy atom. The zero-order valence-electron chi connectivity index (χ0n) is 23.7. The first-order valence-electron chi connectivity index (χ1n) is 14.1. The molecule has 2 aromatic rings. The van der Waals surface area contributed by atoms with Gasteiger partial charge in [0.2, 0.25) is 5.91 Å². The van der Waals surface area contributed by atoms with Crippen LogP contribution in [-0.2, 0) is 16.1 Å². The fraction of sp³-hybridized carbons (Fsp3) is 0.548. The Balaban J connectivity index is 1.19. The van der Waals surface area contributed by atoms with Gasteiger partial charge >= 0.3 is 6.09 Å². The lowest BCUT2D eigenvalue weighted by molar-refractivity contribution is -0.138. The number of benzene rings is 1. The van der Waals surface area contributed by atoms with Gasteiger partial charge in [-0.15, -0.1) is 0 Å². The van der Waals surface area contributed by atoms with E-state index in [0.29, 0.717) is 18.2 Å². The number of aryl methyl sites for hydroxylation is 1. The lowest BCUT2D eigenvalue weighted by Crippen LogP contribution is -2.45. The molecule has 0 radical (unpaired) electrons. The number of amides is 2. The number of carbonyl (C=O) groups is 3. The third-order valence-electron chi connectivity index (χ3n) is 7.57. The van der Waals surface area contributed by atoms with Crippen molar-refractivity contribution < 1.29 is 19.1 Å². The van der Waals surface area contributed by atoms with Gasteiger partial charge in [0.1, 0.15) is 11.4 Å². The number of likely N-dealkylation sites (tertiary alicyclic amines) is 2. The Hall–Kier alpha value is -3.26. The van der Waals surface area contributed by atoms with Crippen molar-refractivity contribution in [3.63, 3.8) is 0 Å². The summed E-state index contributed by atoms with van der Waals surface area (Å²) in [5, 5.41) is 2.70. The van der Waals surface area contributed by atoms with Gasteiger partial charge < -0.3 is 9.64 Å². The molecular formula is C31H42N4O4. The summed E-state index contributed by atoms with van der Waals surface area (Å²) in [4.78, 5) is 46.5. The summed E-state index contributed by atoms with van der Waals surface area (Å²) in [6.07, 6.45) is 5.21. The maximum atomic E-state index is 13.2. The molecule has 2 saturated heterocycles. The van der Waals surface area contributed by atoms with Crippen LogP contribution in [0.15, 0.2) is 42.6 Å². The highest BCUT2D eigenvalue weighted by molar-refractivity contribution is 5.96. The number of Topliss-reactive ketones (excluding diaryl/α,β-unsaturated/α-hetero) is 1. The molecule has 210 valence electrons. The fourth-order valence-corrected chi connectivity index (χ4v) is 5.38. The summed E-state index contributed by atoms with van der Waals surface area (Å²) in [7, 11) is 0. The van der Waals surface area contributed by atoms with Crippen LogP contribution >= 0.6 is 0 Å². The third kappa shape index (κ3) is 8.62. The van der Waals surface area contributed by atoms with Crippen molar-refractivity contribution >= 4 is 23.6 Å². The van der Waals surface area contributed by atoms with Crippen LogP contribution in [0.4, 0.5) is 10.6 Å². The molecular weight excluding hydrogens is 492 g/mol. The van der Waals surface area contributed by atoms with Crippen molar-refractivity contribution in [2.24, 2.45) is 11.8 Å². The molecule has 1 N–H and O–H groups in total. The second-order valence-corrected chi connectivity index (χ2v) is 12.0. The molecule has 2 amide bonds. The molecule has 2 fully saturated rings. The molecule has 1 aromatic heterocycles. The number of anilines is 1. The molecule has 8 heteroatoms. The van der Waals surface area contributed by atoms with Crippen LogP contribution in [-0.4, -0.2) is 64.3 Å². The van der Waals surface area contributed by atoms with E-state index in [9.17, 15) is 14.4 Å². The average Bonchev–Trinajstić information content (AvgIpc) is 2.88. The summed E-state index contributed by atoms with van der Waals surface area (Å²) in [6, 6.07) is 11.6. The molecule has 39 heavy (non-hydrogen) atoms. The summed E-state index contributed by atoms with van der Waals surface area (Å²) < 4.78 is 5.31. The van der Waals surface area contributed by atoms with Gasteiger partial charge in [0, 0.05) is 43.7 Å². The molecule has 1 aromatic carbocycles. The number of ether oxygens (including phenoxy) is 1. The maximum Gasteiger partial charge on any atom is 0.413 e. The Morgan fingerprint density at radius 1 is 0.974 bits per heavy atom. The smallest absolute Gasteiger partial charge is 0.413 e. The van der Waals surface area contributed by atoms with Gasteiger partial charge in [-0.25, -0.2) is 9.78 Å². The predicted octanol–water partition coefficient (Wildman–Crippen LogP) is 5.46. The van der Waals surface area contributed by atoms with Crippen LogP contribution in [0.1, 0.15) is 74.4 Å². The number of carbonyl (C=O) groups excluding carboxylic acids is 3. The molecule has 2 aliphatic heterocycles. The number of aromatic nitrogens is 1. The first-order valence-corrected chi connectivity index (χ1v) is 14.1. The number of ketones is 1. The number of rotatable bonds is 7. The Kier molecular flexibility index (Phi) is 9.38. The largest absolute Gasteiger partial charge is 0.444 e. The zero-order chi connectivity index (χ0) is 28.0. The van der Waals surface area contributed by atoms with Gasteiger partial charge in [0.05, 0.1) is 0 Å². The summed E-state index contributed by atoms with van der Waals surface area (Å²) in [5.74, 6) is 1.35. The monoisotopic (exact) mass is 534 g/mol. The highest BCUT2D eigenvalue weighted by atomic mass is 16.6. The number of piperidine rings is 2. The molecule has 3 heterocycles. The molecule has 0 saturated carbocycles.